The number of benzene rings is 2. The summed E-state index contributed by atoms with van der Waals surface area (Å²) < 4.78 is 5.99. The monoisotopic (exact) mass is 249 g/mol. The van der Waals surface area contributed by atoms with E-state index in [-0.39, 0.29) is 6.04 Å². The molecular weight excluding hydrogens is 234 g/mol. The molecule has 2 atom stereocenters. The Kier molecular flexibility index (Phi) is 2.18. The average Bonchev–Trinajstić information content (AvgIpc) is 3.00. The second-order valence-electron chi connectivity index (χ2n) is 5.18. The number of fused-ring (bicyclic) bond motifs is 2. The molecule has 94 valence electrons. The van der Waals surface area contributed by atoms with Gasteiger partial charge in [0.2, 0.25) is 0 Å². The molecule has 0 bridgehead atoms. The van der Waals surface area contributed by atoms with E-state index in [1.54, 1.807) is 0 Å². The van der Waals surface area contributed by atoms with Gasteiger partial charge in [0.1, 0.15) is 11.3 Å². The maximum atomic E-state index is 5.99. The zero-order valence-corrected chi connectivity index (χ0v) is 10.8. The Morgan fingerprint density at radius 3 is 2.63 bits per heavy atom. The van der Waals surface area contributed by atoms with Gasteiger partial charge < -0.3 is 9.73 Å². The standard InChI is InChI=1S/C17H15NO/c1-11-13-7-3-4-8-14(13)18-17(11)16-10-12-6-2-5-9-15(12)19-16/h2-11,17-18H,1H3/t11-,17+/m0/s1. The van der Waals surface area contributed by atoms with Crippen molar-refractivity contribution in [3.63, 3.8) is 0 Å². The normalized spacial score (nSPS) is 21.3. The number of rotatable bonds is 1. The quantitative estimate of drug-likeness (QED) is 0.676. The van der Waals surface area contributed by atoms with Crippen LogP contribution in [0.1, 0.15) is 30.2 Å². The molecule has 19 heavy (non-hydrogen) atoms. The van der Waals surface area contributed by atoms with Crippen molar-refractivity contribution in [2.75, 3.05) is 5.32 Å². The number of para-hydroxylation sites is 2. The first-order valence-corrected chi connectivity index (χ1v) is 6.67. The van der Waals surface area contributed by atoms with Crippen molar-refractivity contribution < 1.29 is 4.42 Å². The van der Waals surface area contributed by atoms with Crippen molar-refractivity contribution in [2.45, 2.75) is 18.9 Å². The summed E-state index contributed by atoms with van der Waals surface area (Å²) in [4.78, 5) is 0. The van der Waals surface area contributed by atoms with E-state index in [0.29, 0.717) is 5.92 Å². The second kappa shape index (κ2) is 3.89. The van der Waals surface area contributed by atoms with E-state index in [1.165, 1.54) is 16.6 Å². The van der Waals surface area contributed by atoms with E-state index in [0.717, 1.165) is 11.3 Å². The minimum Gasteiger partial charge on any atom is -0.459 e. The molecule has 0 saturated heterocycles. The summed E-state index contributed by atoms with van der Waals surface area (Å²) in [6.07, 6.45) is 0. The van der Waals surface area contributed by atoms with Crippen LogP contribution in [0, 0.1) is 0 Å². The molecule has 2 aromatic carbocycles. The van der Waals surface area contributed by atoms with Crippen LogP contribution < -0.4 is 5.32 Å². The minimum atomic E-state index is 0.227. The molecule has 1 aliphatic heterocycles. The Morgan fingerprint density at radius 1 is 1.00 bits per heavy atom. The van der Waals surface area contributed by atoms with E-state index < -0.39 is 0 Å². The van der Waals surface area contributed by atoms with Crippen LogP contribution in [0.2, 0.25) is 0 Å². The zero-order chi connectivity index (χ0) is 12.8. The highest BCUT2D eigenvalue weighted by molar-refractivity contribution is 5.78. The van der Waals surface area contributed by atoms with Crippen LogP contribution in [0.5, 0.6) is 0 Å². The van der Waals surface area contributed by atoms with E-state index in [2.05, 4.69) is 48.6 Å². The van der Waals surface area contributed by atoms with Crippen molar-refractivity contribution in [1.29, 1.82) is 0 Å². The average molecular weight is 249 g/mol. The molecule has 3 aromatic rings. The molecular formula is C17H15NO. The lowest BCUT2D eigenvalue weighted by molar-refractivity contribution is 0.489. The highest BCUT2D eigenvalue weighted by Crippen LogP contribution is 2.44. The summed E-state index contributed by atoms with van der Waals surface area (Å²) in [5, 5.41) is 4.74. The molecule has 0 aliphatic carbocycles. The number of nitrogens with one attached hydrogen (secondary N) is 1. The Labute approximate surface area is 112 Å². The first-order chi connectivity index (χ1) is 9.33. The van der Waals surface area contributed by atoms with Gasteiger partial charge in [0.15, 0.2) is 0 Å². The second-order valence-corrected chi connectivity index (χ2v) is 5.18. The van der Waals surface area contributed by atoms with Crippen LogP contribution in [-0.4, -0.2) is 0 Å². The van der Waals surface area contributed by atoms with Gasteiger partial charge in [-0.15, -0.1) is 0 Å². The topological polar surface area (TPSA) is 25.2 Å². The fraction of sp³-hybridized carbons (Fsp3) is 0.176. The highest BCUT2D eigenvalue weighted by atomic mass is 16.3. The molecule has 1 aromatic heterocycles. The number of anilines is 1. The maximum absolute atomic E-state index is 5.99. The molecule has 4 rings (SSSR count). The minimum absolute atomic E-state index is 0.227. The zero-order valence-electron chi connectivity index (χ0n) is 10.8. The predicted octanol–water partition coefficient (Wildman–Crippen LogP) is 4.70. The smallest absolute Gasteiger partial charge is 0.134 e. The lowest BCUT2D eigenvalue weighted by atomic mass is 9.96. The summed E-state index contributed by atoms with van der Waals surface area (Å²) in [5.41, 5.74) is 3.55. The number of furan rings is 1. The molecule has 0 saturated carbocycles. The lowest BCUT2D eigenvalue weighted by Crippen LogP contribution is -2.07. The van der Waals surface area contributed by atoms with Crippen LogP contribution in [0.25, 0.3) is 11.0 Å². The lowest BCUT2D eigenvalue weighted by Gasteiger charge is -2.13. The summed E-state index contributed by atoms with van der Waals surface area (Å²) >= 11 is 0. The first kappa shape index (κ1) is 10.7. The summed E-state index contributed by atoms with van der Waals surface area (Å²) in [7, 11) is 0. The van der Waals surface area contributed by atoms with Gasteiger partial charge in [-0.3, -0.25) is 0 Å². The van der Waals surface area contributed by atoms with Gasteiger partial charge in [0.25, 0.3) is 0 Å². The van der Waals surface area contributed by atoms with E-state index >= 15 is 0 Å². The molecule has 2 heterocycles. The summed E-state index contributed by atoms with van der Waals surface area (Å²) in [5.74, 6) is 1.45. The third-order valence-electron chi connectivity index (χ3n) is 4.01. The van der Waals surface area contributed by atoms with E-state index in [1.807, 2.05) is 18.2 Å². The van der Waals surface area contributed by atoms with Crippen LogP contribution in [0.3, 0.4) is 0 Å². The molecule has 0 fully saturated rings. The van der Waals surface area contributed by atoms with Gasteiger partial charge in [-0.05, 0) is 23.8 Å². The Balaban J connectivity index is 1.78. The van der Waals surface area contributed by atoms with Crippen molar-refractivity contribution in [1.82, 2.24) is 0 Å². The fourth-order valence-electron chi connectivity index (χ4n) is 2.97. The van der Waals surface area contributed by atoms with Crippen LogP contribution >= 0.6 is 0 Å². The molecule has 0 amide bonds. The predicted molar refractivity (Wildman–Crippen MR) is 77.4 cm³/mol. The number of hydrogen-bond donors (Lipinski definition) is 1. The Morgan fingerprint density at radius 2 is 1.79 bits per heavy atom. The van der Waals surface area contributed by atoms with Gasteiger partial charge >= 0.3 is 0 Å². The van der Waals surface area contributed by atoms with Gasteiger partial charge in [0, 0.05) is 17.0 Å². The van der Waals surface area contributed by atoms with Crippen LogP contribution in [-0.2, 0) is 0 Å². The molecule has 2 heteroatoms. The van der Waals surface area contributed by atoms with Crippen molar-refractivity contribution in [3.05, 3.63) is 65.9 Å². The summed E-state index contributed by atoms with van der Waals surface area (Å²) in [6.45, 7) is 2.25. The molecule has 0 unspecified atom stereocenters. The Bertz CT molecular complexity index is 711. The third kappa shape index (κ3) is 1.56. The molecule has 0 spiro atoms. The van der Waals surface area contributed by atoms with Crippen LogP contribution in [0.4, 0.5) is 5.69 Å². The van der Waals surface area contributed by atoms with Crippen molar-refractivity contribution in [2.24, 2.45) is 0 Å². The first-order valence-electron chi connectivity index (χ1n) is 6.67. The van der Waals surface area contributed by atoms with Gasteiger partial charge in [0.05, 0.1) is 6.04 Å². The van der Waals surface area contributed by atoms with E-state index in [9.17, 15) is 0 Å². The SMILES string of the molecule is C[C@H]1c2ccccc2N[C@H]1c1cc2ccccc2o1. The van der Waals surface area contributed by atoms with Crippen molar-refractivity contribution >= 4 is 16.7 Å². The highest BCUT2D eigenvalue weighted by Gasteiger charge is 2.31. The molecule has 2 nitrogen and oxygen atoms in total. The number of hydrogen-bond acceptors (Lipinski definition) is 2. The van der Waals surface area contributed by atoms with Gasteiger partial charge in [-0.25, -0.2) is 0 Å². The third-order valence-corrected chi connectivity index (χ3v) is 4.01. The maximum Gasteiger partial charge on any atom is 0.134 e. The Hall–Kier alpha value is -2.22. The molecule has 1 N–H and O–H groups in total. The molecule has 0 radical (unpaired) electrons. The van der Waals surface area contributed by atoms with Crippen LogP contribution in [0.15, 0.2) is 59.0 Å². The van der Waals surface area contributed by atoms with E-state index in [4.69, 9.17) is 4.42 Å². The van der Waals surface area contributed by atoms with Crippen molar-refractivity contribution in [3.8, 4) is 0 Å². The van der Waals surface area contributed by atoms with Gasteiger partial charge in [-0.1, -0.05) is 43.3 Å². The fourth-order valence-corrected chi connectivity index (χ4v) is 2.97. The molecule has 1 aliphatic rings. The summed E-state index contributed by atoms with van der Waals surface area (Å²) in [6, 6.07) is 19.0. The van der Waals surface area contributed by atoms with Gasteiger partial charge in [-0.2, -0.15) is 0 Å². The largest absolute Gasteiger partial charge is 0.459 e.